The van der Waals surface area contributed by atoms with Crippen molar-refractivity contribution in [2.24, 2.45) is 11.8 Å². The molecule has 2 amide bonds. The molecule has 4 atom stereocenters. The second-order valence-electron chi connectivity index (χ2n) is 8.20. The molecule has 3 N–H and O–H groups in total. The Kier molecular flexibility index (Phi) is 4.13. The predicted molar refractivity (Wildman–Crippen MR) is 113 cm³/mol. The van der Waals surface area contributed by atoms with Crippen molar-refractivity contribution in [2.75, 3.05) is 4.90 Å². The Hall–Kier alpha value is -3.71. The van der Waals surface area contributed by atoms with E-state index in [-0.39, 0.29) is 5.75 Å². The van der Waals surface area contributed by atoms with Crippen molar-refractivity contribution in [2.45, 2.75) is 18.5 Å². The van der Waals surface area contributed by atoms with Crippen LogP contribution in [0.4, 0.5) is 5.69 Å². The van der Waals surface area contributed by atoms with Crippen molar-refractivity contribution in [1.29, 1.82) is 0 Å². The number of nitrogens with zero attached hydrogens (tertiary/aromatic N) is 1. The number of carboxylic acids is 1. The van der Waals surface area contributed by atoms with Gasteiger partial charge in [-0.05, 0) is 24.4 Å². The normalized spacial score (nSPS) is 27.6. The number of phenols is 1. The van der Waals surface area contributed by atoms with Crippen LogP contribution in [0.15, 0.2) is 66.7 Å². The summed E-state index contributed by atoms with van der Waals surface area (Å²) in [5.41, 5.74) is -0.835. The van der Waals surface area contributed by atoms with Crippen LogP contribution in [0.25, 0.3) is 10.8 Å². The van der Waals surface area contributed by atoms with Gasteiger partial charge in [-0.3, -0.25) is 19.7 Å². The molecule has 0 spiro atoms. The Bertz CT molecular complexity index is 1250. The molecule has 3 aromatic rings. The summed E-state index contributed by atoms with van der Waals surface area (Å²) >= 11 is 0. The lowest BCUT2D eigenvalue weighted by atomic mass is 9.80. The first-order valence-electron chi connectivity index (χ1n) is 9.99. The van der Waals surface area contributed by atoms with E-state index in [4.69, 9.17) is 0 Å². The van der Waals surface area contributed by atoms with Crippen LogP contribution in [0.2, 0.25) is 0 Å². The monoisotopic (exact) mass is 416 g/mol. The first-order valence-corrected chi connectivity index (χ1v) is 9.99. The number of carbonyl (C=O) groups is 3. The zero-order chi connectivity index (χ0) is 21.9. The minimum absolute atomic E-state index is 0.0581. The number of fused-ring (bicyclic) bond motifs is 2. The molecule has 4 unspecified atom stereocenters. The van der Waals surface area contributed by atoms with Gasteiger partial charge >= 0.3 is 5.97 Å². The maximum atomic E-state index is 13.6. The van der Waals surface area contributed by atoms with Gasteiger partial charge < -0.3 is 10.2 Å². The van der Waals surface area contributed by atoms with E-state index >= 15 is 0 Å². The predicted octanol–water partition coefficient (Wildman–Crippen LogP) is 2.84. The third kappa shape index (κ3) is 2.60. The molecule has 0 aliphatic carbocycles. The molecule has 2 fully saturated rings. The highest BCUT2D eigenvalue weighted by Gasteiger charge is 2.67. The number of imide groups is 1. The maximum absolute atomic E-state index is 13.6. The summed E-state index contributed by atoms with van der Waals surface area (Å²) in [5.74, 6) is -4.38. The van der Waals surface area contributed by atoms with Crippen molar-refractivity contribution in [3.8, 4) is 5.75 Å². The summed E-state index contributed by atoms with van der Waals surface area (Å²) in [6.07, 6.45) is 0. The van der Waals surface area contributed by atoms with E-state index in [1.807, 2.05) is 30.3 Å². The third-order valence-corrected chi connectivity index (χ3v) is 6.51. The summed E-state index contributed by atoms with van der Waals surface area (Å²) in [7, 11) is 0. The maximum Gasteiger partial charge on any atom is 0.324 e. The molecule has 0 radical (unpaired) electrons. The number of amides is 2. The summed E-state index contributed by atoms with van der Waals surface area (Å²) in [6, 6.07) is 18.4. The number of nitrogens with one attached hydrogen (secondary N) is 1. The first kappa shape index (κ1) is 19.3. The Morgan fingerprint density at radius 3 is 2.39 bits per heavy atom. The number of para-hydroxylation sites is 1. The van der Waals surface area contributed by atoms with Crippen molar-refractivity contribution in [1.82, 2.24) is 5.32 Å². The summed E-state index contributed by atoms with van der Waals surface area (Å²) < 4.78 is 0. The molecule has 2 aliphatic heterocycles. The smallest absolute Gasteiger partial charge is 0.324 e. The summed E-state index contributed by atoms with van der Waals surface area (Å²) in [5, 5.41) is 24.9. The Morgan fingerprint density at radius 1 is 0.968 bits per heavy atom. The highest BCUT2D eigenvalue weighted by atomic mass is 16.4. The van der Waals surface area contributed by atoms with Crippen molar-refractivity contribution < 1.29 is 24.6 Å². The van der Waals surface area contributed by atoms with E-state index in [2.05, 4.69) is 5.32 Å². The number of carbonyl (C=O) groups excluding carboxylic acids is 2. The van der Waals surface area contributed by atoms with Crippen LogP contribution in [0.5, 0.6) is 5.75 Å². The number of rotatable bonds is 3. The van der Waals surface area contributed by atoms with Gasteiger partial charge in [0.05, 0.1) is 17.5 Å². The molecule has 0 bridgehead atoms. The second kappa shape index (κ2) is 6.65. The van der Waals surface area contributed by atoms with Crippen molar-refractivity contribution in [3.63, 3.8) is 0 Å². The van der Waals surface area contributed by atoms with Crippen molar-refractivity contribution in [3.05, 3.63) is 72.3 Å². The topological polar surface area (TPSA) is 107 Å². The van der Waals surface area contributed by atoms with Gasteiger partial charge in [-0.25, -0.2) is 4.90 Å². The van der Waals surface area contributed by atoms with Gasteiger partial charge in [-0.1, -0.05) is 54.6 Å². The van der Waals surface area contributed by atoms with Crippen LogP contribution in [-0.2, 0) is 14.4 Å². The summed E-state index contributed by atoms with van der Waals surface area (Å²) in [4.78, 5) is 40.5. The number of hydrogen-bond donors (Lipinski definition) is 3. The minimum atomic E-state index is -1.66. The lowest BCUT2D eigenvalue weighted by molar-refractivity contribution is -0.147. The zero-order valence-corrected chi connectivity index (χ0v) is 16.6. The number of aromatic hydroxyl groups is 1. The fourth-order valence-electron chi connectivity index (χ4n) is 4.99. The zero-order valence-electron chi connectivity index (χ0n) is 16.6. The quantitative estimate of drug-likeness (QED) is 0.567. The molecular weight excluding hydrogens is 396 g/mol. The fourth-order valence-corrected chi connectivity index (χ4v) is 4.99. The molecule has 7 nitrogen and oxygen atoms in total. The van der Waals surface area contributed by atoms with Crippen LogP contribution >= 0.6 is 0 Å². The van der Waals surface area contributed by atoms with Gasteiger partial charge in [-0.2, -0.15) is 0 Å². The molecule has 31 heavy (non-hydrogen) atoms. The van der Waals surface area contributed by atoms with Crippen LogP contribution in [0.3, 0.4) is 0 Å². The molecule has 3 aromatic carbocycles. The molecule has 7 heteroatoms. The molecule has 2 heterocycles. The molecule has 0 saturated carbocycles. The number of benzene rings is 3. The number of carboxylic acid groups (broad SMARTS) is 1. The van der Waals surface area contributed by atoms with E-state index in [0.717, 1.165) is 15.7 Å². The molecule has 2 saturated heterocycles. The van der Waals surface area contributed by atoms with Gasteiger partial charge in [0.2, 0.25) is 11.8 Å². The first-order chi connectivity index (χ1) is 14.8. The molecule has 156 valence electrons. The molecule has 5 rings (SSSR count). The number of hydrogen-bond acceptors (Lipinski definition) is 5. The van der Waals surface area contributed by atoms with Crippen LogP contribution < -0.4 is 10.2 Å². The van der Waals surface area contributed by atoms with Gasteiger partial charge in [0, 0.05) is 17.0 Å². The molecule has 0 aromatic heterocycles. The van der Waals surface area contributed by atoms with Gasteiger partial charge in [0.15, 0.2) is 0 Å². The van der Waals surface area contributed by atoms with Gasteiger partial charge in [-0.15, -0.1) is 0 Å². The Morgan fingerprint density at radius 2 is 1.65 bits per heavy atom. The van der Waals surface area contributed by atoms with E-state index < -0.39 is 41.2 Å². The average Bonchev–Trinajstić information content (AvgIpc) is 3.22. The minimum Gasteiger partial charge on any atom is -0.508 e. The highest BCUT2D eigenvalue weighted by molar-refractivity contribution is 6.26. The van der Waals surface area contributed by atoms with Gasteiger partial charge in [0.25, 0.3) is 0 Å². The third-order valence-electron chi connectivity index (χ3n) is 6.51. The Labute approximate surface area is 177 Å². The lowest BCUT2D eigenvalue weighted by Gasteiger charge is -2.27. The SMILES string of the molecule is CC1(C(=O)O)NC(c2ccccc2O)C2C(=O)N(c3cccc4ccccc34)C(=O)C21. The van der Waals surface area contributed by atoms with E-state index in [1.54, 1.807) is 30.3 Å². The fraction of sp³-hybridized carbons (Fsp3) is 0.208. The van der Waals surface area contributed by atoms with Crippen molar-refractivity contribution >= 4 is 34.2 Å². The van der Waals surface area contributed by atoms with E-state index in [0.29, 0.717) is 11.3 Å². The number of aliphatic carboxylic acids is 1. The number of anilines is 1. The second-order valence-corrected chi connectivity index (χ2v) is 8.20. The highest BCUT2D eigenvalue weighted by Crippen LogP contribution is 2.51. The van der Waals surface area contributed by atoms with E-state index in [9.17, 15) is 24.6 Å². The lowest BCUT2D eigenvalue weighted by Crippen LogP contribution is -2.53. The van der Waals surface area contributed by atoms with Crippen LogP contribution in [0, 0.1) is 11.8 Å². The Balaban J connectivity index is 1.68. The molecule has 2 aliphatic rings. The van der Waals surface area contributed by atoms with Crippen LogP contribution in [-0.4, -0.2) is 33.5 Å². The average molecular weight is 416 g/mol. The van der Waals surface area contributed by atoms with E-state index in [1.165, 1.54) is 13.0 Å². The summed E-state index contributed by atoms with van der Waals surface area (Å²) in [6.45, 7) is 1.42. The standard InChI is InChI=1S/C24H20N2O5/c1-24(23(30)31)19-18(20(25-24)15-10-4-5-12-17(15)27)21(28)26(22(19)29)16-11-6-8-13-7-2-3-9-14(13)16/h2-12,18-20,25,27H,1H3,(H,30,31). The molecular formula is C24H20N2O5. The largest absolute Gasteiger partial charge is 0.508 e. The van der Waals surface area contributed by atoms with Gasteiger partial charge in [0.1, 0.15) is 11.3 Å². The number of phenolic OH excluding ortho intramolecular Hbond substituents is 1. The van der Waals surface area contributed by atoms with Crippen LogP contribution in [0.1, 0.15) is 18.5 Å².